The summed E-state index contributed by atoms with van der Waals surface area (Å²) in [5.41, 5.74) is 0. The molecule has 0 unspecified atom stereocenters. The zero-order valence-electron chi connectivity index (χ0n) is 45.0. The van der Waals surface area contributed by atoms with Crippen LogP contribution in [0.1, 0.15) is 367 Å². The van der Waals surface area contributed by atoms with Crippen molar-refractivity contribution in [2.24, 2.45) is 5.92 Å². The smallest absolute Gasteiger partial charge is 0.309 e. The van der Waals surface area contributed by atoms with Gasteiger partial charge >= 0.3 is 5.97 Å². The summed E-state index contributed by atoms with van der Waals surface area (Å²) in [7, 11) is 0. The van der Waals surface area contributed by atoms with E-state index in [0.717, 1.165) is 25.7 Å². The van der Waals surface area contributed by atoms with Crippen molar-refractivity contribution in [3.63, 3.8) is 0 Å². The largest absolute Gasteiger partial charge is 0.481 e. The maximum absolute atomic E-state index is 11.9. The third-order valence-electron chi connectivity index (χ3n) is 14.9. The number of unbranched alkanes of at least 4 members (excludes halogenated alkanes) is 50. The van der Waals surface area contributed by atoms with Crippen molar-refractivity contribution in [1.82, 2.24) is 0 Å². The SMILES string of the molecule is CCCCCCCCCCCCCCCCCC/C=C/CCCCCCCCCCCCCCCCC[C@@H](O)[C@@H](CCCCCCCCCCCCCCCCCCCCCC)C(=O)O. The van der Waals surface area contributed by atoms with Gasteiger partial charge in [-0.3, -0.25) is 4.79 Å². The van der Waals surface area contributed by atoms with E-state index < -0.39 is 18.0 Å². The van der Waals surface area contributed by atoms with Crippen molar-refractivity contribution in [2.75, 3.05) is 0 Å². The van der Waals surface area contributed by atoms with Crippen molar-refractivity contribution in [3.8, 4) is 0 Å². The first-order chi connectivity index (χ1) is 32.1. The average Bonchev–Trinajstić information content (AvgIpc) is 3.30. The van der Waals surface area contributed by atoms with Gasteiger partial charge < -0.3 is 10.2 Å². The Kier molecular flexibility index (Phi) is 56.8. The van der Waals surface area contributed by atoms with Gasteiger partial charge in [-0.05, 0) is 38.5 Å². The highest BCUT2D eigenvalue weighted by Crippen LogP contribution is 2.22. The maximum atomic E-state index is 11.9. The van der Waals surface area contributed by atoms with Crippen LogP contribution in [-0.2, 0) is 4.79 Å². The molecule has 2 atom stereocenters. The Hall–Kier alpha value is -0.830. The molecule has 65 heavy (non-hydrogen) atoms. The Balaban J connectivity index is 3.38. The molecule has 388 valence electrons. The van der Waals surface area contributed by atoms with Crippen molar-refractivity contribution in [2.45, 2.75) is 373 Å². The Morgan fingerprint density at radius 1 is 0.292 bits per heavy atom. The molecule has 0 amide bonds. The highest BCUT2D eigenvalue weighted by atomic mass is 16.4. The molecule has 0 aromatic carbocycles. The van der Waals surface area contributed by atoms with Crippen LogP contribution in [0.5, 0.6) is 0 Å². The van der Waals surface area contributed by atoms with Crippen LogP contribution in [0.15, 0.2) is 12.2 Å². The van der Waals surface area contributed by atoms with Gasteiger partial charge in [0.2, 0.25) is 0 Å². The molecule has 0 radical (unpaired) electrons. The fraction of sp³-hybridized carbons (Fsp3) is 0.952. The standard InChI is InChI=1S/C62H122O3/c1-3-5-7-9-11-13-15-17-19-21-23-25-26-27-28-29-30-31-32-33-34-35-36-37-38-39-41-43-45-47-49-51-53-55-57-59-61(63)60(62(64)65)58-56-54-52-50-48-46-44-42-40-24-22-20-18-16-14-12-10-8-6-4-2/h31-32,60-61,63H,3-30,33-59H2,1-2H3,(H,64,65)/b32-31+/t60-,61-/m1/s1. The number of aliphatic hydroxyl groups excluding tert-OH is 1. The molecule has 3 nitrogen and oxygen atoms in total. The molecule has 0 aliphatic carbocycles. The first-order valence-corrected chi connectivity index (χ1v) is 30.7. The van der Waals surface area contributed by atoms with E-state index in [-0.39, 0.29) is 0 Å². The first-order valence-electron chi connectivity index (χ1n) is 30.7. The summed E-state index contributed by atoms with van der Waals surface area (Å²) < 4.78 is 0. The van der Waals surface area contributed by atoms with E-state index in [4.69, 9.17) is 0 Å². The zero-order valence-corrected chi connectivity index (χ0v) is 45.0. The predicted molar refractivity (Wildman–Crippen MR) is 292 cm³/mol. The number of hydrogen-bond acceptors (Lipinski definition) is 2. The van der Waals surface area contributed by atoms with Crippen LogP contribution in [0, 0.1) is 5.92 Å². The van der Waals surface area contributed by atoms with Gasteiger partial charge in [0.15, 0.2) is 0 Å². The molecule has 0 rings (SSSR count). The minimum absolute atomic E-state index is 0.582. The summed E-state index contributed by atoms with van der Waals surface area (Å²) in [6.45, 7) is 4.60. The molecule has 0 spiro atoms. The number of allylic oxidation sites excluding steroid dienone is 2. The molecule has 0 fully saturated rings. The summed E-state index contributed by atoms with van der Waals surface area (Å²) in [6, 6.07) is 0. The Morgan fingerprint density at radius 2 is 0.477 bits per heavy atom. The fourth-order valence-corrected chi connectivity index (χ4v) is 10.3. The van der Waals surface area contributed by atoms with Crippen molar-refractivity contribution >= 4 is 5.97 Å². The zero-order chi connectivity index (χ0) is 47.0. The van der Waals surface area contributed by atoms with Crippen LogP contribution in [0.4, 0.5) is 0 Å². The molecule has 0 saturated heterocycles. The summed E-state index contributed by atoms with van der Waals surface area (Å²) in [5, 5.41) is 20.4. The Labute approximate surface area is 410 Å². The molecule has 0 aromatic rings. The highest BCUT2D eigenvalue weighted by Gasteiger charge is 2.25. The van der Waals surface area contributed by atoms with Crippen molar-refractivity contribution in [1.29, 1.82) is 0 Å². The number of carbonyl (C=O) groups is 1. The summed E-state index contributed by atoms with van der Waals surface area (Å²) in [5.74, 6) is -1.38. The molecule has 2 N–H and O–H groups in total. The fourth-order valence-electron chi connectivity index (χ4n) is 10.3. The van der Waals surface area contributed by atoms with Gasteiger partial charge in [0.25, 0.3) is 0 Å². The molecule has 0 saturated carbocycles. The lowest BCUT2D eigenvalue weighted by atomic mass is 9.91. The van der Waals surface area contributed by atoms with Crippen LogP contribution in [0.2, 0.25) is 0 Å². The molecule has 0 aromatic heterocycles. The van der Waals surface area contributed by atoms with Crippen molar-refractivity contribution < 1.29 is 15.0 Å². The van der Waals surface area contributed by atoms with E-state index in [2.05, 4.69) is 26.0 Å². The topological polar surface area (TPSA) is 57.5 Å². The lowest BCUT2D eigenvalue weighted by Gasteiger charge is -2.19. The third-order valence-corrected chi connectivity index (χ3v) is 14.9. The Bertz CT molecular complexity index is 898. The lowest BCUT2D eigenvalue weighted by Crippen LogP contribution is -2.28. The lowest BCUT2D eigenvalue weighted by molar-refractivity contribution is -0.146. The van der Waals surface area contributed by atoms with Crippen molar-refractivity contribution in [3.05, 3.63) is 12.2 Å². The van der Waals surface area contributed by atoms with Gasteiger partial charge in [0.1, 0.15) is 0 Å². The van der Waals surface area contributed by atoms with E-state index >= 15 is 0 Å². The number of aliphatic hydroxyl groups is 1. The van der Waals surface area contributed by atoms with E-state index in [1.807, 2.05) is 0 Å². The number of carboxylic acid groups (broad SMARTS) is 1. The van der Waals surface area contributed by atoms with Gasteiger partial charge in [0, 0.05) is 0 Å². The van der Waals surface area contributed by atoms with Gasteiger partial charge in [-0.1, -0.05) is 341 Å². The van der Waals surface area contributed by atoms with E-state index in [9.17, 15) is 15.0 Å². The third kappa shape index (κ3) is 54.0. The maximum Gasteiger partial charge on any atom is 0.309 e. The molecular formula is C62H122O3. The normalized spacial score (nSPS) is 12.8. The second kappa shape index (κ2) is 57.5. The molecule has 0 aliphatic heterocycles. The molecular weight excluding hydrogens is 793 g/mol. The average molecular weight is 916 g/mol. The van der Waals surface area contributed by atoms with E-state index in [1.54, 1.807) is 0 Å². The van der Waals surface area contributed by atoms with Crippen LogP contribution in [-0.4, -0.2) is 22.3 Å². The summed E-state index contributed by atoms with van der Waals surface area (Å²) in [4.78, 5) is 11.9. The first kappa shape index (κ1) is 64.2. The summed E-state index contributed by atoms with van der Waals surface area (Å²) in [6.07, 6.45) is 78.3. The number of hydrogen-bond donors (Lipinski definition) is 2. The number of carboxylic acids is 1. The highest BCUT2D eigenvalue weighted by molar-refractivity contribution is 5.70. The van der Waals surface area contributed by atoms with Gasteiger partial charge in [0.05, 0.1) is 12.0 Å². The monoisotopic (exact) mass is 915 g/mol. The molecule has 0 bridgehead atoms. The second-order valence-electron chi connectivity index (χ2n) is 21.5. The Morgan fingerprint density at radius 3 is 0.692 bits per heavy atom. The van der Waals surface area contributed by atoms with Crippen LogP contribution >= 0.6 is 0 Å². The molecule has 3 heteroatoms. The number of aliphatic carboxylic acids is 1. The second-order valence-corrected chi connectivity index (χ2v) is 21.5. The quantitative estimate of drug-likeness (QED) is 0.0472. The predicted octanol–water partition coefficient (Wildman–Crippen LogP) is 22.1. The minimum atomic E-state index is -0.802. The minimum Gasteiger partial charge on any atom is -0.481 e. The molecule has 0 heterocycles. The van der Waals surface area contributed by atoms with Crippen LogP contribution < -0.4 is 0 Å². The van der Waals surface area contributed by atoms with Crippen LogP contribution in [0.3, 0.4) is 0 Å². The number of rotatable bonds is 58. The van der Waals surface area contributed by atoms with E-state index in [1.165, 1.54) is 315 Å². The molecule has 0 aliphatic rings. The summed E-state index contributed by atoms with van der Waals surface area (Å²) >= 11 is 0. The van der Waals surface area contributed by atoms with Gasteiger partial charge in [-0.2, -0.15) is 0 Å². The van der Waals surface area contributed by atoms with E-state index in [0.29, 0.717) is 12.8 Å². The van der Waals surface area contributed by atoms with Gasteiger partial charge in [-0.15, -0.1) is 0 Å². The van der Waals surface area contributed by atoms with Gasteiger partial charge in [-0.25, -0.2) is 0 Å². The van der Waals surface area contributed by atoms with Crippen LogP contribution in [0.25, 0.3) is 0 Å².